The number of nitrogens with one attached hydrogen (secondary N) is 1. The summed E-state index contributed by atoms with van der Waals surface area (Å²) in [5.74, 6) is 3.05. The number of allylic oxidation sites excluding steroid dienone is 3. The summed E-state index contributed by atoms with van der Waals surface area (Å²) in [5.41, 5.74) is 7.20. The lowest BCUT2D eigenvalue weighted by molar-refractivity contribution is 0.367. The lowest BCUT2D eigenvalue weighted by Gasteiger charge is -2.35. The number of anilines is 1. The first kappa shape index (κ1) is 21.0. The molecule has 6 atom stereocenters. The number of aryl methyl sites for hydroxylation is 2. The van der Waals surface area contributed by atoms with Crippen LogP contribution >= 0.6 is 11.3 Å². The van der Waals surface area contributed by atoms with Gasteiger partial charge in [0.25, 0.3) is 0 Å². The Labute approximate surface area is 201 Å². The zero-order valence-corrected chi connectivity index (χ0v) is 20.8. The molecule has 0 bridgehead atoms. The molecule has 33 heavy (non-hydrogen) atoms. The Balaban J connectivity index is 1.39. The first-order valence-corrected chi connectivity index (χ1v) is 13.2. The third-order valence-electron chi connectivity index (χ3n) is 8.64. The first-order valence-electron chi connectivity index (χ1n) is 12.4. The summed E-state index contributed by atoms with van der Waals surface area (Å²) in [4.78, 5) is 1.49. The zero-order valence-electron chi connectivity index (χ0n) is 20.0. The summed E-state index contributed by atoms with van der Waals surface area (Å²) in [5, 5.41) is 5.46. The SMILES string of the molecule is Cc1cccc(C)c1NC1CC=CC=C1[C@@H]1C(C)C(C)C2c3c(sc4ccccc34)C=C[C@@H]21. The third-order valence-corrected chi connectivity index (χ3v) is 9.79. The number of fused-ring (bicyclic) bond motifs is 5. The number of para-hydroxylation sites is 1. The summed E-state index contributed by atoms with van der Waals surface area (Å²) in [6, 6.07) is 16.0. The van der Waals surface area contributed by atoms with Crippen molar-refractivity contribution in [2.75, 3.05) is 5.32 Å². The van der Waals surface area contributed by atoms with Gasteiger partial charge in [-0.2, -0.15) is 0 Å². The van der Waals surface area contributed by atoms with E-state index in [1.165, 1.54) is 31.8 Å². The van der Waals surface area contributed by atoms with Gasteiger partial charge in [0.15, 0.2) is 0 Å². The van der Waals surface area contributed by atoms with E-state index in [2.05, 4.69) is 106 Å². The summed E-state index contributed by atoms with van der Waals surface area (Å²) in [7, 11) is 0. The minimum atomic E-state index is 0.363. The molecular weight excluding hydrogens is 418 g/mol. The number of benzene rings is 2. The molecule has 3 aromatic rings. The number of rotatable bonds is 3. The molecular formula is C31H33NS. The monoisotopic (exact) mass is 451 g/mol. The molecule has 3 aliphatic rings. The Morgan fingerprint density at radius 2 is 1.67 bits per heavy atom. The molecule has 0 amide bonds. The van der Waals surface area contributed by atoms with Crippen molar-refractivity contribution in [3.63, 3.8) is 0 Å². The molecule has 168 valence electrons. The van der Waals surface area contributed by atoms with Crippen molar-refractivity contribution in [1.82, 2.24) is 0 Å². The van der Waals surface area contributed by atoms with Crippen LogP contribution in [0, 0.1) is 37.5 Å². The van der Waals surface area contributed by atoms with Crippen molar-refractivity contribution >= 4 is 33.2 Å². The van der Waals surface area contributed by atoms with Crippen LogP contribution in [0.3, 0.4) is 0 Å². The van der Waals surface area contributed by atoms with Crippen molar-refractivity contribution in [3.8, 4) is 0 Å². The van der Waals surface area contributed by atoms with E-state index in [0.717, 1.165) is 6.42 Å². The number of hydrogen-bond donors (Lipinski definition) is 1. The van der Waals surface area contributed by atoms with Gasteiger partial charge in [0, 0.05) is 15.3 Å². The minimum absolute atomic E-state index is 0.363. The van der Waals surface area contributed by atoms with E-state index in [1.54, 1.807) is 11.1 Å². The van der Waals surface area contributed by atoms with Gasteiger partial charge in [-0.25, -0.2) is 0 Å². The summed E-state index contributed by atoms with van der Waals surface area (Å²) < 4.78 is 1.44. The second kappa shape index (κ2) is 8.02. The van der Waals surface area contributed by atoms with Gasteiger partial charge >= 0.3 is 0 Å². The molecule has 2 aromatic carbocycles. The summed E-state index contributed by atoms with van der Waals surface area (Å²) in [6.45, 7) is 9.46. The average molecular weight is 452 g/mol. The highest BCUT2D eigenvalue weighted by Crippen LogP contribution is 2.59. The predicted molar refractivity (Wildman–Crippen MR) is 144 cm³/mol. The van der Waals surface area contributed by atoms with E-state index in [-0.39, 0.29) is 0 Å². The quantitative estimate of drug-likeness (QED) is 0.421. The van der Waals surface area contributed by atoms with Gasteiger partial charge in [-0.3, -0.25) is 0 Å². The number of hydrogen-bond acceptors (Lipinski definition) is 2. The van der Waals surface area contributed by atoms with Gasteiger partial charge in [-0.05, 0) is 89.6 Å². The standard InChI is InChI=1S/C31H33NS/c1-18-10-9-11-19(2)31(18)32-25-14-7-5-12-22(25)28-20(3)21(4)29-24(28)16-17-27-30(29)23-13-6-8-15-26(23)33-27/h5-13,15-17,20-21,24-25,28-29,32H,14H2,1-4H3/t20?,21?,24-,25?,28+,29?/m1/s1. The van der Waals surface area contributed by atoms with Gasteiger partial charge in [-0.15, -0.1) is 11.3 Å². The van der Waals surface area contributed by atoms with E-state index >= 15 is 0 Å². The van der Waals surface area contributed by atoms with E-state index in [4.69, 9.17) is 0 Å². The average Bonchev–Trinajstić information content (AvgIpc) is 3.32. The molecule has 1 aromatic heterocycles. The fourth-order valence-corrected chi connectivity index (χ4v) is 8.07. The second-order valence-corrected chi connectivity index (χ2v) is 11.5. The maximum atomic E-state index is 3.98. The smallest absolute Gasteiger partial charge is 0.0514 e. The highest BCUT2D eigenvalue weighted by atomic mass is 32.1. The molecule has 6 rings (SSSR count). The molecule has 1 nitrogen and oxygen atoms in total. The first-order chi connectivity index (χ1) is 16.0. The molecule has 1 saturated carbocycles. The molecule has 1 heterocycles. The molecule has 1 N–H and O–H groups in total. The van der Waals surface area contributed by atoms with Gasteiger partial charge < -0.3 is 5.32 Å². The minimum Gasteiger partial charge on any atom is -0.378 e. The Kier molecular flexibility index (Phi) is 5.10. The lowest BCUT2D eigenvalue weighted by atomic mass is 9.74. The maximum absolute atomic E-state index is 3.98. The molecule has 3 aliphatic carbocycles. The molecule has 0 spiro atoms. The molecule has 4 unspecified atom stereocenters. The largest absolute Gasteiger partial charge is 0.378 e. The lowest BCUT2D eigenvalue weighted by Crippen LogP contribution is -2.32. The van der Waals surface area contributed by atoms with Crippen molar-refractivity contribution in [2.24, 2.45) is 23.7 Å². The molecule has 0 aliphatic heterocycles. The Bertz CT molecular complexity index is 1290. The van der Waals surface area contributed by atoms with Crippen molar-refractivity contribution < 1.29 is 0 Å². The van der Waals surface area contributed by atoms with Crippen molar-refractivity contribution in [2.45, 2.75) is 46.1 Å². The topological polar surface area (TPSA) is 12.0 Å². The molecule has 0 saturated heterocycles. The van der Waals surface area contributed by atoms with Crippen LogP contribution in [0.2, 0.25) is 0 Å². The fraction of sp³-hybridized carbons (Fsp3) is 0.355. The van der Waals surface area contributed by atoms with E-state index < -0.39 is 0 Å². The second-order valence-electron chi connectivity index (χ2n) is 10.4. The van der Waals surface area contributed by atoms with E-state index in [0.29, 0.717) is 35.6 Å². The summed E-state index contributed by atoms with van der Waals surface area (Å²) >= 11 is 1.97. The number of thiophene rings is 1. The molecule has 2 heteroatoms. The van der Waals surface area contributed by atoms with Crippen LogP contribution in [0.1, 0.15) is 47.8 Å². The van der Waals surface area contributed by atoms with Crippen LogP contribution in [0.5, 0.6) is 0 Å². The van der Waals surface area contributed by atoms with Crippen LogP contribution in [-0.4, -0.2) is 6.04 Å². The van der Waals surface area contributed by atoms with Gasteiger partial charge in [0.05, 0.1) is 6.04 Å². The molecule has 1 fully saturated rings. The van der Waals surface area contributed by atoms with Crippen LogP contribution in [0.25, 0.3) is 16.2 Å². The Hall–Kier alpha value is -2.58. The maximum Gasteiger partial charge on any atom is 0.0514 e. The van der Waals surface area contributed by atoms with Crippen LogP contribution in [0.15, 0.2) is 72.3 Å². The fourth-order valence-electron chi connectivity index (χ4n) is 6.90. The van der Waals surface area contributed by atoms with Gasteiger partial charge in [0.1, 0.15) is 0 Å². The zero-order chi connectivity index (χ0) is 22.7. The van der Waals surface area contributed by atoms with E-state index in [1.807, 2.05) is 11.3 Å². The summed E-state index contributed by atoms with van der Waals surface area (Å²) in [6.07, 6.45) is 13.1. The third kappa shape index (κ3) is 3.26. The van der Waals surface area contributed by atoms with Gasteiger partial charge in [-0.1, -0.05) is 74.5 Å². The Morgan fingerprint density at radius 1 is 0.909 bits per heavy atom. The van der Waals surface area contributed by atoms with Crippen molar-refractivity contribution in [3.05, 3.63) is 93.9 Å². The van der Waals surface area contributed by atoms with E-state index in [9.17, 15) is 0 Å². The van der Waals surface area contributed by atoms with Crippen molar-refractivity contribution in [1.29, 1.82) is 0 Å². The van der Waals surface area contributed by atoms with Crippen LogP contribution < -0.4 is 5.32 Å². The van der Waals surface area contributed by atoms with Crippen LogP contribution in [-0.2, 0) is 0 Å². The Morgan fingerprint density at radius 3 is 2.48 bits per heavy atom. The highest BCUT2D eigenvalue weighted by molar-refractivity contribution is 7.20. The predicted octanol–water partition coefficient (Wildman–Crippen LogP) is 8.51. The van der Waals surface area contributed by atoms with Crippen LogP contribution in [0.4, 0.5) is 5.69 Å². The highest BCUT2D eigenvalue weighted by Gasteiger charge is 2.50. The van der Waals surface area contributed by atoms with Gasteiger partial charge in [0.2, 0.25) is 0 Å². The normalized spacial score (nSPS) is 30.2. The molecule has 0 radical (unpaired) electrons.